The number of likely N-dealkylation sites (tertiary alicyclic amines) is 1. The van der Waals surface area contributed by atoms with Crippen LogP contribution in [0.4, 0.5) is 0 Å². The van der Waals surface area contributed by atoms with Crippen LogP contribution in [0.25, 0.3) is 0 Å². The number of rotatable bonds is 6. The summed E-state index contributed by atoms with van der Waals surface area (Å²) in [4.78, 5) is 2.58. The molecular weight excluding hydrogens is 338 g/mol. The highest BCUT2D eigenvalue weighted by Crippen LogP contribution is 2.38. The van der Waals surface area contributed by atoms with Crippen molar-refractivity contribution in [3.8, 4) is 17.2 Å². The standard InChI is InChI=1S/C23H31NO3/c1-17-9-11-18(12-10-17)20-8-6-5-7-13-24(20)16-19-14-22(26-3)23(27-4)15-21(19)25-2/h9-12,14-15,20H,5-8,13,16H2,1-4H3/t20-/m1/s1. The molecule has 0 saturated carbocycles. The fraction of sp³-hybridized carbons (Fsp3) is 0.478. The van der Waals surface area contributed by atoms with Crippen molar-refractivity contribution in [1.29, 1.82) is 0 Å². The third-order valence-electron chi connectivity index (χ3n) is 5.49. The molecule has 4 heteroatoms. The molecule has 0 aliphatic carbocycles. The molecule has 0 unspecified atom stereocenters. The van der Waals surface area contributed by atoms with Gasteiger partial charge in [-0.05, 0) is 37.9 Å². The Morgan fingerprint density at radius 3 is 2.19 bits per heavy atom. The highest BCUT2D eigenvalue weighted by molar-refractivity contribution is 5.50. The van der Waals surface area contributed by atoms with Crippen LogP contribution >= 0.6 is 0 Å². The third-order valence-corrected chi connectivity index (χ3v) is 5.49. The number of ether oxygens (including phenoxy) is 3. The SMILES string of the molecule is COc1cc(OC)c(OC)cc1CN1CCCCC[C@@H]1c1ccc(C)cc1. The lowest BCUT2D eigenvalue weighted by Crippen LogP contribution is -2.28. The number of aryl methyl sites for hydroxylation is 1. The van der Waals surface area contributed by atoms with Gasteiger partial charge in [0.15, 0.2) is 11.5 Å². The molecule has 1 aliphatic heterocycles. The minimum atomic E-state index is 0.436. The van der Waals surface area contributed by atoms with Crippen molar-refractivity contribution in [3.63, 3.8) is 0 Å². The maximum Gasteiger partial charge on any atom is 0.164 e. The predicted molar refractivity (Wildman–Crippen MR) is 109 cm³/mol. The molecule has 0 radical (unpaired) electrons. The highest BCUT2D eigenvalue weighted by atomic mass is 16.5. The van der Waals surface area contributed by atoms with E-state index in [1.807, 2.05) is 6.07 Å². The topological polar surface area (TPSA) is 30.9 Å². The van der Waals surface area contributed by atoms with Gasteiger partial charge in [-0.1, -0.05) is 42.7 Å². The Hall–Kier alpha value is -2.20. The molecular formula is C23H31NO3. The Morgan fingerprint density at radius 1 is 0.852 bits per heavy atom. The van der Waals surface area contributed by atoms with Crippen molar-refractivity contribution in [3.05, 3.63) is 53.1 Å². The smallest absolute Gasteiger partial charge is 0.164 e. The molecule has 0 aromatic heterocycles. The third kappa shape index (κ3) is 4.56. The number of hydrogen-bond acceptors (Lipinski definition) is 4. The van der Waals surface area contributed by atoms with Gasteiger partial charge >= 0.3 is 0 Å². The highest BCUT2D eigenvalue weighted by Gasteiger charge is 2.24. The number of benzene rings is 2. The van der Waals surface area contributed by atoms with Crippen LogP contribution in [0.2, 0.25) is 0 Å². The minimum Gasteiger partial charge on any atom is -0.496 e. The first-order chi connectivity index (χ1) is 13.2. The van der Waals surface area contributed by atoms with Crippen molar-refractivity contribution in [1.82, 2.24) is 4.90 Å². The lowest BCUT2D eigenvalue weighted by molar-refractivity contribution is 0.189. The van der Waals surface area contributed by atoms with Gasteiger partial charge in [-0.25, -0.2) is 0 Å². The van der Waals surface area contributed by atoms with E-state index >= 15 is 0 Å². The fourth-order valence-corrected chi connectivity index (χ4v) is 3.96. The van der Waals surface area contributed by atoms with E-state index in [-0.39, 0.29) is 0 Å². The van der Waals surface area contributed by atoms with Gasteiger partial charge in [-0.2, -0.15) is 0 Å². The van der Waals surface area contributed by atoms with Crippen LogP contribution in [0.1, 0.15) is 48.4 Å². The average Bonchev–Trinajstić information content (AvgIpc) is 2.93. The van der Waals surface area contributed by atoms with Crippen molar-refractivity contribution in [2.24, 2.45) is 0 Å². The maximum atomic E-state index is 5.65. The van der Waals surface area contributed by atoms with Crippen LogP contribution in [0.15, 0.2) is 36.4 Å². The zero-order valence-electron chi connectivity index (χ0n) is 17.0. The van der Waals surface area contributed by atoms with Gasteiger partial charge in [0.2, 0.25) is 0 Å². The molecule has 2 aromatic carbocycles. The lowest BCUT2D eigenvalue weighted by Gasteiger charge is -2.31. The van der Waals surface area contributed by atoms with Crippen LogP contribution < -0.4 is 14.2 Å². The monoisotopic (exact) mass is 369 g/mol. The summed E-state index contributed by atoms with van der Waals surface area (Å²) >= 11 is 0. The molecule has 1 aliphatic rings. The van der Waals surface area contributed by atoms with E-state index in [1.54, 1.807) is 21.3 Å². The van der Waals surface area contributed by atoms with Crippen molar-refractivity contribution in [2.45, 2.75) is 45.2 Å². The molecule has 0 spiro atoms. The van der Waals surface area contributed by atoms with Gasteiger partial charge in [-0.3, -0.25) is 4.90 Å². The van der Waals surface area contributed by atoms with Crippen molar-refractivity contribution >= 4 is 0 Å². The predicted octanol–water partition coefficient (Wildman–Crippen LogP) is 5.14. The zero-order chi connectivity index (χ0) is 19.2. The van der Waals surface area contributed by atoms with Crippen molar-refractivity contribution < 1.29 is 14.2 Å². The molecule has 4 nitrogen and oxygen atoms in total. The lowest BCUT2D eigenvalue weighted by atomic mass is 9.99. The summed E-state index contributed by atoms with van der Waals surface area (Å²) in [6.07, 6.45) is 5.00. The second-order valence-corrected chi connectivity index (χ2v) is 7.27. The van der Waals surface area contributed by atoms with Crippen LogP contribution in [0.5, 0.6) is 17.2 Å². The molecule has 0 bridgehead atoms. The quantitative estimate of drug-likeness (QED) is 0.706. The van der Waals surface area contributed by atoms with E-state index < -0.39 is 0 Å². The van der Waals surface area contributed by atoms with E-state index in [1.165, 1.54) is 36.8 Å². The summed E-state index contributed by atoms with van der Waals surface area (Å²) in [5, 5.41) is 0. The van der Waals surface area contributed by atoms with Crippen LogP contribution in [-0.2, 0) is 6.54 Å². The van der Waals surface area contributed by atoms with E-state index in [0.29, 0.717) is 11.8 Å². The number of nitrogens with zero attached hydrogens (tertiary/aromatic N) is 1. The molecule has 1 atom stereocenters. The van der Waals surface area contributed by atoms with Crippen LogP contribution in [0.3, 0.4) is 0 Å². The zero-order valence-corrected chi connectivity index (χ0v) is 17.0. The van der Waals surface area contributed by atoms with E-state index in [4.69, 9.17) is 14.2 Å². The van der Waals surface area contributed by atoms with E-state index in [0.717, 1.165) is 30.2 Å². The first kappa shape index (κ1) is 19.6. The first-order valence-electron chi connectivity index (χ1n) is 9.75. The molecule has 1 fully saturated rings. The molecule has 146 valence electrons. The van der Waals surface area contributed by atoms with Gasteiger partial charge in [0.05, 0.1) is 21.3 Å². The molecule has 27 heavy (non-hydrogen) atoms. The van der Waals surface area contributed by atoms with Gasteiger partial charge in [0, 0.05) is 24.2 Å². The van der Waals surface area contributed by atoms with Gasteiger partial charge < -0.3 is 14.2 Å². The Kier molecular flexibility index (Phi) is 6.62. The second kappa shape index (κ2) is 9.14. The normalized spacial score (nSPS) is 18.0. The maximum absolute atomic E-state index is 5.65. The Balaban J connectivity index is 1.91. The summed E-state index contributed by atoms with van der Waals surface area (Å²) < 4.78 is 16.6. The molecule has 1 saturated heterocycles. The number of hydrogen-bond donors (Lipinski definition) is 0. The summed E-state index contributed by atoms with van der Waals surface area (Å²) in [5.41, 5.74) is 3.84. The van der Waals surface area contributed by atoms with E-state index in [9.17, 15) is 0 Å². The molecule has 0 N–H and O–H groups in total. The fourth-order valence-electron chi connectivity index (χ4n) is 3.96. The van der Waals surface area contributed by atoms with Crippen molar-refractivity contribution in [2.75, 3.05) is 27.9 Å². The average molecular weight is 370 g/mol. The van der Waals surface area contributed by atoms with Gasteiger partial charge in [-0.15, -0.1) is 0 Å². The first-order valence-corrected chi connectivity index (χ1v) is 9.75. The summed E-state index contributed by atoms with van der Waals surface area (Å²) in [6.45, 7) is 4.07. The molecule has 1 heterocycles. The molecule has 3 rings (SSSR count). The second-order valence-electron chi connectivity index (χ2n) is 7.27. The molecule has 2 aromatic rings. The van der Waals surface area contributed by atoms with Gasteiger partial charge in [0.25, 0.3) is 0 Å². The van der Waals surface area contributed by atoms with Crippen LogP contribution in [-0.4, -0.2) is 32.8 Å². The Morgan fingerprint density at radius 2 is 1.52 bits per heavy atom. The molecule has 0 amide bonds. The largest absolute Gasteiger partial charge is 0.496 e. The van der Waals surface area contributed by atoms with Gasteiger partial charge in [0.1, 0.15) is 5.75 Å². The van der Waals surface area contributed by atoms with E-state index in [2.05, 4.69) is 42.2 Å². The Bertz CT molecular complexity index is 742. The minimum absolute atomic E-state index is 0.436. The summed E-state index contributed by atoms with van der Waals surface area (Å²) in [7, 11) is 5.04. The van der Waals surface area contributed by atoms with Crippen LogP contribution in [0, 0.1) is 6.92 Å². The number of methoxy groups -OCH3 is 3. The summed E-state index contributed by atoms with van der Waals surface area (Å²) in [5.74, 6) is 2.29. The Labute approximate surface area is 163 Å². The summed E-state index contributed by atoms with van der Waals surface area (Å²) in [6, 6.07) is 13.4.